The van der Waals surface area contributed by atoms with E-state index < -0.39 is 23.4 Å². The summed E-state index contributed by atoms with van der Waals surface area (Å²) in [7, 11) is 1.60. The molecule has 29 heavy (non-hydrogen) atoms. The molecule has 0 aliphatic carbocycles. The molecule has 2 aromatic rings. The largest absolute Gasteiger partial charge is 0.497 e. The van der Waals surface area contributed by atoms with Crippen molar-refractivity contribution in [3.05, 3.63) is 41.2 Å². The highest BCUT2D eigenvalue weighted by Gasteiger charge is 2.47. The molecule has 1 saturated heterocycles. The van der Waals surface area contributed by atoms with Gasteiger partial charge in [0, 0.05) is 0 Å². The van der Waals surface area contributed by atoms with Gasteiger partial charge in [-0.15, -0.1) is 0 Å². The fourth-order valence-corrected chi connectivity index (χ4v) is 3.30. The van der Waals surface area contributed by atoms with Gasteiger partial charge in [0.25, 0.3) is 5.91 Å². The van der Waals surface area contributed by atoms with Crippen molar-refractivity contribution < 1.29 is 19.1 Å². The number of anilines is 1. The van der Waals surface area contributed by atoms with Crippen LogP contribution in [0.2, 0.25) is 0 Å². The van der Waals surface area contributed by atoms with Gasteiger partial charge in [-0.1, -0.05) is 12.1 Å². The molecule has 0 unspecified atom stereocenters. The third-order valence-electron chi connectivity index (χ3n) is 5.11. The van der Waals surface area contributed by atoms with Crippen LogP contribution in [0.4, 0.5) is 10.5 Å². The molecule has 3 rings (SSSR count). The Labute approximate surface area is 168 Å². The van der Waals surface area contributed by atoms with Crippen LogP contribution in [0.3, 0.4) is 0 Å². The molecule has 2 heterocycles. The third kappa shape index (κ3) is 4.23. The molecule has 9 nitrogen and oxygen atoms in total. The average Bonchev–Trinajstić information content (AvgIpc) is 3.12. The number of benzene rings is 1. The molecule has 0 saturated carbocycles. The quantitative estimate of drug-likeness (QED) is 0.615. The summed E-state index contributed by atoms with van der Waals surface area (Å²) in [5, 5.41) is 12.2. The SMILES string of the molecule is COc1ccc(CC[C@@]2(C)NC(=O)N(CC(=O)Nc3c(C)n[nH]c3C)C2=O)cc1. The number of hydrogen-bond donors (Lipinski definition) is 3. The Morgan fingerprint density at radius 2 is 1.93 bits per heavy atom. The van der Waals surface area contributed by atoms with Crippen LogP contribution in [0.15, 0.2) is 24.3 Å². The minimum Gasteiger partial charge on any atom is -0.497 e. The van der Waals surface area contributed by atoms with Gasteiger partial charge in [-0.2, -0.15) is 5.10 Å². The molecular formula is C20H25N5O4. The van der Waals surface area contributed by atoms with E-state index in [-0.39, 0.29) is 6.54 Å². The van der Waals surface area contributed by atoms with Gasteiger partial charge in [-0.25, -0.2) is 4.79 Å². The van der Waals surface area contributed by atoms with E-state index in [2.05, 4.69) is 20.8 Å². The average molecular weight is 399 g/mol. The second-order valence-electron chi connectivity index (χ2n) is 7.36. The Morgan fingerprint density at radius 3 is 2.52 bits per heavy atom. The fourth-order valence-electron chi connectivity index (χ4n) is 3.30. The van der Waals surface area contributed by atoms with E-state index in [0.717, 1.165) is 16.2 Å². The van der Waals surface area contributed by atoms with Crippen LogP contribution >= 0.6 is 0 Å². The maximum absolute atomic E-state index is 12.9. The lowest BCUT2D eigenvalue weighted by molar-refractivity contribution is -0.133. The number of carbonyl (C=O) groups is 3. The fraction of sp³-hybridized carbons (Fsp3) is 0.400. The maximum atomic E-state index is 12.9. The Hall–Kier alpha value is -3.36. The molecule has 154 valence electrons. The van der Waals surface area contributed by atoms with E-state index in [1.807, 2.05) is 24.3 Å². The summed E-state index contributed by atoms with van der Waals surface area (Å²) >= 11 is 0. The van der Waals surface area contributed by atoms with Gasteiger partial charge in [0.1, 0.15) is 17.8 Å². The van der Waals surface area contributed by atoms with Gasteiger partial charge < -0.3 is 15.4 Å². The molecule has 0 bridgehead atoms. The highest BCUT2D eigenvalue weighted by Crippen LogP contribution is 2.24. The normalized spacial score (nSPS) is 18.7. The lowest BCUT2D eigenvalue weighted by Crippen LogP contribution is -2.45. The first-order valence-corrected chi connectivity index (χ1v) is 9.32. The van der Waals surface area contributed by atoms with Crippen molar-refractivity contribution >= 4 is 23.5 Å². The summed E-state index contributed by atoms with van der Waals surface area (Å²) in [4.78, 5) is 38.5. The first-order chi connectivity index (χ1) is 13.7. The van der Waals surface area contributed by atoms with Crippen LogP contribution in [0, 0.1) is 13.8 Å². The molecule has 4 amide bonds. The monoisotopic (exact) mass is 399 g/mol. The number of nitrogens with one attached hydrogen (secondary N) is 3. The van der Waals surface area contributed by atoms with Crippen molar-refractivity contribution in [2.24, 2.45) is 0 Å². The molecule has 1 aromatic heterocycles. The summed E-state index contributed by atoms with van der Waals surface area (Å²) < 4.78 is 5.14. The van der Waals surface area contributed by atoms with Crippen LogP contribution in [0.5, 0.6) is 5.75 Å². The lowest BCUT2D eigenvalue weighted by Gasteiger charge is -2.21. The molecule has 1 aliphatic rings. The zero-order chi connectivity index (χ0) is 21.2. The summed E-state index contributed by atoms with van der Waals surface area (Å²) in [6.45, 7) is 4.86. The number of amides is 4. The van der Waals surface area contributed by atoms with E-state index in [0.29, 0.717) is 29.9 Å². The number of H-pyrrole nitrogens is 1. The van der Waals surface area contributed by atoms with Gasteiger partial charge in [0.2, 0.25) is 5.91 Å². The molecule has 1 fully saturated rings. The molecule has 0 spiro atoms. The second kappa shape index (κ2) is 7.94. The maximum Gasteiger partial charge on any atom is 0.325 e. The number of rotatable bonds is 7. The summed E-state index contributed by atoms with van der Waals surface area (Å²) in [6, 6.07) is 6.98. The highest BCUT2D eigenvalue weighted by atomic mass is 16.5. The number of imide groups is 1. The van der Waals surface area contributed by atoms with E-state index in [1.165, 1.54) is 0 Å². The van der Waals surface area contributed by atoms with Gasteiger partial charge in [0.05, 0.1) is 24.2 Å². The minimum atomic E-state index is -1.06. The van der Waals surface area contributed by atoms with Crippen LogP contribution in [-0.2, 0) is 16.0 Å². The van der Waals surface area contributed by atoms with Crippen LogP contribution < -0.4 is 15.4 Å². The minimum absolute atomic E-state index is 0.354. The number of ether oxygens (including phenoxy) is 1. The van der Waals surface area contributed by atoms with Crippen molar-refractivity contribution in [3.63, 3.8) is 0 Å². The van der Waals surface area contributed by atoms with Crippen molar-refractivity contribution in [1.82, 2.24) is 20.4 Å². The Balaban J connectivity index is 1.62. The van der Waals surface area contributed by atoms with E-state index in [9.17, 15) is 14.4 Å². The number of aromatic nitrogens is 2. The van der Waals surface area contributed by atoms with E-state index in [1.54, 1.807) is 27.9 Å². The smallest absolute Gasteiger partial charge is 0.325 e. The number of nitrogens with zero attached hydrogens (tertiary/aromatic N) is 2. The van der Waals surface area contributed by atoms with E-state index >= 15 is 0 Å². The van der Waals surface area contributed by atoms with Crippen molar-refractivity contribution in [2.45, 2.75) is 39.2 Å². The summed E-state index contributed by atoms with van der Waals surface area (Å²) in [6.07, 6.45) is 1.02. The van der Waals surface area contributed by atoms with Crippen LogP contribution in [0.25, 0.3) is 0 Å². The molecule has 0 radical (unpaired) electrons. The second-order valence-corrected chi connectivity index (χ2v) is 7.36. The van der Waals surface area contributed by atoms with Gasteiger partial charge in [0.15, 0.2) is 0 Å². The number of urea groups is 1. The van der Waals surface area contributed by atoms with Gasteiger partial charge in [-0.3, -0.25) is 19.6 Å². The molecule has 1 aromatic carbocycles. The molecule has 3 N–H and O–H groups in total. The molecular weight excluding hydrogens is 374 g/mol. The number of aryl methyl sites for hydroxylation is 3. The third-order valence-corrected chi connectivity index (χ3v) is 5.11. The standard InChI is InChI=1S/C20H25N5O4/c1-12-17(13(2)24-23-12)21-16(26)11-25-18(27)20(3,22-19(25)28)10-9-14-5-7-15(29-4)8-6-14/h5-8H,9-11H2,1-4H3,(H,21,26)(H,22,28)(H,23,24)/t20-/m1/s1. The summed E-state index contributed by atoms with van der Waals surface area (Å²) in [5.41, 5.74) is 1.87. The Bertz CT molecular complexity index is 917. The molecule has 1 aliphatic heterocycles. The van der Waals surface area contributed by atoms with Crippen molar-refractivity contribution in [3.8, 4) is 5.75 Å². The Kier molecular flexibility index (Phi) is 5.58. The topological polar surface area (TPSA) is 116 Å². The summed E-state index contributed by atoms with van der Waals surface area (Å²) in [5.74, 6) is -0.113. The Morgan fingerprint density at radius 1 is 1.24 bits per heavy atom. The zero-order valence-electron chi connectivity index (χ0n) is 17.0. The number of methoxy groups -OCH3 is 1. The number of hydrogen-bond acceptors (Lipinski definition) is 5. The zero-order valence-corrected chi connectivity index (χ0v) is 17.0. The van der Waals surface area contributed by atoms with E-state index in [4.69, 9.17) is 4.74 Å². The number of carbonyl (C=O) groups excluding carboxylic acids is 3. The first kappa shape index (κ1) is 20.4. The predicted molar refractivity (Wildman–Crippen MR) is 107 cm³/mol. The van der Waals surface area contributed by atoms with Gasteiger partial charge in [-0.05, 0) is 51.3 Å². The van der Waals surface area contributed by atoms with Crippen molar-refractivity contribution in [1.29, 1.82) is 0 Å². The predicted octanol–water partition coefficient (Wildman–Crippen LogP) is 1.92. The number of aromatic amines is 1. The molecule has 9 heteroatoms. The van der Waals surface area contributed by atoms with Gasteiger partial charge >= 0.3 is 6.03 Å². The first-order valence-electron chi connectivity index (χ1n) is 9.32. The lowest BCUT2D eigenvalue weighted by atomic mass is 9.93. The van der Waals surface area contributed by atoms with Crippen LogP contribution in [-0.4, -0.2) is 52.1 Å². The van der Waals surface area contributed by atoms with Crippen LogP contribution in [0.1, 0.15) is 30.3 Å². The highest BCUT2D eigenvalue weighted by molar-refractivity contribution is 6.10. The molecule has 1 atom stereocenters. The van der Waals surface area contributed by atoms with Crippen molar-refractivity contribution in [2.75, 3.05) is 19.0 Å².